The van der Waals surface area contributed by atoms with Gasteiger partial charge in [0.1, 0.15) is 5.82 Å². The topological polar surface area (TPSA) is 36.0 Å². The molecule has 0 spiro atoms. The van der Waals surface area contributed by atoms with Gasteiger partial charge in [-0.3, -0.25) is 9.69 Å². The van der Waals surface area contributed by atoms with Crippen LogP contribution in [0.25, 0.3) is 0 Å². The fourth-order valence-corrected chi connectivity index (χ4v) is 4.19. The first-order valence-electron chi connectivity index (χ1n) is 10.5. The fourth-order valence-electron chi connectivity index (χ4n) is 4.19. The predicted molar refractivity (Wildman–Crippen MR) is 108 cm³/mol. The smallest absolute Gasteiger partial charge is 0.236 e. The predicted octanol–water partition coefficient (Wildman–Crippen LogP) is 2.61. The molecule has 0 aromatic heterocycles. The Morgan fingerprint density at radius 1 is 1.18 bits per heavy atom. The quantitative estimate of drug-likeness (QED) is 0.747. The Bertz CT molecular complexity index is 646. The van der Waals surface area contributed by atoms with Crippen LogP contribution in [0.4, 0.5) is 4.39 Å². The van der Waals surface area contributed by atoms with E-state index < -0.39 is 0 Å². The minimum absolute atomic E-state index is 0.107. The lowest BCUT2D eigenvalue weighted by atomic mass is 10.0. The molecule has 28 heavy (non-hydrogen) atoms. The van der Waals surface area contributed by atoms with Gasteiger partial charge in [0.15, 0.2) is 0 Å². The minimum atomic E-state index is -0.238. The molecule has 2 aliphatic heterocycles. The van der Waals surface area contributed by atoms with Crippen LogP contribution in [0.3, 0.4) is 0 Å². The van der Waals surface area contributed by atoms with Gasteiger partial charge in [0.25, 0.3) is 0 Å². The highest BCUT2D eigenvalue weighted by atomic mass is 19.1. The van der Waals surface area contributed by atoms with Crippen LogP contribution >= 0.6 is 0 Å². The van der Waals surface area contributed by atoms with E-state index in [1.54, 1.807) is 12.1 Å². The van der Waals surface area contributed by atoms with Crippen LogP contribution in [-0.4, -0.2) is 79.1 Å². The Morgan fingerprint density at radius 2 is 1.89 bits per heavy atom. The number of rotatable bonds is 6. The molecular formula is C22H34FN3O2. The number of hydrogen-bond donors (Lipinski definition) is 0. The summed E-state index contributed by atoms with van der Waals surface area (Å²) < 4.78 is 20.1. The van der Waals surface area contributed by atoms with Crippen LogP contribution in [0.5, 0.6) is 0 Å². The minimum Gasteiger partial charge on any atom is -0.370 e. The molecular weight excluding hydrogens is 357 g/mol. The van der Waals surface area contributed by atoms with Crippen LogP contribution in [0.2, 0.25) is 0 Å². The van der Waals surface area contributed by atoms with Crippen molar-refractivity contribution in [2.24, 2.45) is 5.92 Å². The number of hydrogen-bond acceptors (Lipinski definition) is 4. The molecule has 1 amide bonds. The van der Waals surface area contributed by atoms with Crippen molar-refractivity contribution in [3.8, 4) is 0 Å². The van der Waals surface area contributed by atoms with Gasteiger partial charge in [-0.1, -0.05) is 32.0 Å². The summed E-state index contributed by atoms with van der Waals surface area (Å²) >= 11 is 0. The van der Waals surface area contributed by atoms with Gasteiger partial charge in [-0.2, -0.15) is 0 Å². The van der Waals surface area contributed by atoms with Gasteiger partial charge in [-0.15, -0.1) is 0 Å². The number of ether oxygens (including phenoxy) is 1. The summed E-state index contributed by atoms with van der Waals surface area (Å²) in [7, 11) is 2.15. The molecule has 156 valence electrons. The lowest BCUT2D eigenvalue weighted by molar-refractivity contribution is -0.132. The number of likely N-dealkylation sites (tertiary alicyclic amines) is 1. The molecule has 3 rings (SSSR count). The first kappa shape index (κ1) is 21.2. The zero-order valence-electron chi connectivity index (χ0n) is 17.4. The van der Waals surface area contributed by atoms with E-state index >= 15 is 0 Å². The molecule has 2 aliphatic rings. The Kier molecular flexibility index (Phi) is 7.43. The summed E-state index contributed by atoms with van der Waals surface area (Å²) in [4.78, 5) is 19.5. The summed E-state index contributed by atoms with van der Waals surface area (Å²) in [5.74, 6) is 0.356. The zero-order chi connectivity index (χ0) is 20.1. The third kappa shape index (κ3) is 5.75. The Balaban J connectivity index is 1.69. The van der Waals surface area contributed by atoms with Crippen LogP contribution in [0, 0.1) is 11.7 Å². The molecule has 1 aromatic rings. The third-order valence-electron chi connectivity index (χ3n) is 5.78. The third-order valence-corrected chi connectivity index (χ3v) is 5.78. The van der Waals surface area contributed by atoms with Crippen molar-refractivity contribution in [3.05, 3.63) is 35.6 Å². The normalized spacial score (nSPS) is 23.4. The average Bonchev–Trinajstić information content (AvgIpc) is 2.80. The van der Waals surface area contributed by atoms with Crippen molar-refractivity contribution < 1.29 is 13.9 Å². The van der Waals surface area contributed by atoms with Gasteiger partial charge >= 0.3 is 0 Å². The van der Waals surface area contributed by atoms with Gasteiger partial charge < -0.3 is 14.5 Å². The van der Waals surface area contributed by atoms with E-state index in [4.69, 9.17) is 4.74 Å². The highest BCUT2D eigenvalue weighted by Gasteiger charge is 2.33. The summed E-state index contributed by atoms with van der Waals surface area (Å²) in [5.41, 5.74) is 0.569. The Labute approximate surface area is 168 Å². The molecule has 6 heteroatoms. The maximum Gasteiger partial charge on any atom is 0.236 e. The number of nitrogens with zero attached hydrogens (tertiary/aromatic N) is 3. The molecule has 1 aromatic carbocycles. The van der Waals surface area contributed by atoms with Crippen molar-refractivity contribution in [1.29, 1.82) is 0 Å². The van der Waals surface area contributed by atoms with Gasteiger partial charge in [0.05, 0.1) is 19.3 Å². The fraction of sp³-hybridized carbons (Fsp3) is 0.682. The highest BCUT2D eigenvalue weighted by Crippen LogP contribution is 2.20. The number of piperidine rings is 1. The average molecular weight is 392 g/mol. The van der Waals surface area contributed by atoms with Crippen molar-refractivity contribution >= 4 is 5.91 Å². The SMILES string of the molecule is CC(C)CN1C[C@@H](OCc2ccccc2F)CN(C2CCN(C)CC2)CC1=O. The maximum atomic E-state index is 14.0. The van der Waals surface area contributed by atoms with Gasteiger partial charge in [-0.25, -0.2) is 4.39 Å². The summed E-state index contributed by atoms with van der Waals surface area (Å²) in [6, 6.07) is 7.16. The Hall–Kier alpha value is -1.50. The lowest BCUT2D eigenvalue weighted by Crippen LogP contribution is -2.47. The van der Waals surface area contributed by atoms with E-state index in [0.717, 1.165) is 39.0 Å². The van der Waals surface area contributed by atoms with E-state index in [9.17, 15) is 9.18 Å². The molecule has 0 saturated carbocycles. The monoisotopic (exact) mass is 391 g/mol. The summed E-state index contributed by atoms with van der Waals surface area (Å²) in [6.07, 6.45) is 2.05. The first-order chi connectivity index (χ1) is 13.4. The van der Waals surface area contributed by atoms with Crippen molar-refractivity contribution in [2.45, 2.75) is 45.4 Å². The van der Waals surface area contributed by atoms with E-state index in [1.165, 1.54) is 6.07 Å². The molecule has 5 nitrogen and oxygen atoms in total. The van der Waals surface area contributed by atoms with E-state index in [2.05, 4.69) is 30.7 Å². The molecule has 0 unspecified atom stereocenters. The lowest BCUT2D eigenvalue weighted by Gasteiger charge is -2.37. The number of carbonyl (C=O) groups excluding carboxylic acids is 1. The van der Waals surface area contributed by atoms with E-state index in [0.29, 0.717) is 30.6 Å². The molecule has 0 N–H and O–H groups in total. The van der Waals surface area contributed by atoms with Crippen molar-refractivity contribution in [1.82, 2.24) is 14.7 Å². The van der Waals surface area contributed by atoms with Gasteiger partial charge in [0.2, 0.25) is 5.91 Å². The molecule has 0 radical (unpaired) electrons. The number of carbonyl (C=O) groups is 1. The first-order valence-corrected chi connectivity index (χ1v) is 10.5. The number of benzene rings is 1. The van der Waals surface area contributed by atoms with Crippen LogP contribution in [-0.2, 0) is 16.1 Å². The molecule has 2 heterocycles. The molecule has 2 fully saturated rings. The molecule has 0 bridgehead atoms. The summed E-state index contributed by atoms with van der Waals surface area (Å²) in [6.45, 7) is 9.11. The number of halogens is 1. The van der Waals surface area contributed by atoms with Gasteiger partial charge in [-0.05, 0) is 45.0 Å². The second kappa shape index (κ2) is 9.81. The summed E-state index contributed by atoms with van der Waals surface area (Å²) in [5, 5.41) is 0. The largest absolute Gasteiger partial charge is 0.370 e. The van der Waals surface area contributed by atoms with Crippen LogP contribution in [0.15, 0.2) is 24.3 Å². The van der Waals surface area contributed by atoms with Crippen molar-refractivity contribution in [3.63, 3.8) is 0 Å². The highest BCUT2D eigenvalue weighted by molar-refractivity contribution is 5.78. The van der Waals surface area contributed by atoms with Crippen LogP contribution in [0.1, 0.15) is 32.3 Å². The van der Waals surface area contributed by atoms with E-state index in [-0.39, 0.29) is 24.4 Å². The standard InChI is InChI=1S/C22H34FN3O2/c1-17(2)12-26-14-20(28-16-18-6-4-5-7-21(18)23)13-25(15-22(26)27)19-8-10-24(3)11-9-19/h4-7,17,19-20H,8-16H2,1-3H3/t20-/m0/s1. The van der Waals surface area contributed by atoms with E-state index in [1.807, 2.05) is 11.0 Å². The Morgan fingerprint density at radius 3 is 2.57 bits per heavy atom. The molecule has 0 aliphatic carbocycles. The zero-order valence-corrected chi connectivity index (χ0v) is 17.4. The van der Waals surface area contributed by atoms with Crippen LogP contribution < -0.4 is 0 Å². The van der Waals surface area contributed by atoms with Crippen molar-refractivity contribution in [2.75, 3.05) is 46.3 Å². The maximum absolute atomic E-state index is 14.0. The second-order valence-electron chi connectivity index (χ2n) is 8.68. The molecule has 2 saturated heterocycles. The van der Waals surface area contributed by atoms with Gasteiger partial charge in [0, 0.05) is 31.2 Å². The second-order valence-corrected chi connectivity index (χ2v) is 8.68. The molecule has 1 atom stereocenters. The number of amides is 1.